The van der Waals surface area contributed by atoms with Crippen LogP contribution in [0.1, 0.15) is 10.4 Å². The van der Waals surface area contributed by atoms with Crippen LogP contribution in [0.15, 0.2) is 35.1 Å². The van der Waals surface area contributed by atoms with Crippen molar-refractivity contribution in [2.24, 2.45) is 5.73 Å². The molecule has 3 nitrogen and oxygen atoms in total. The highest BCUT2D eigenvalue weighted by atomic mass is 32.2. The molecule has 0 aliphatic carbocycles. The fraction of sp³-hybridized carbons (Fsp3) is 0.167. The Bertz CT molecular complexity index is 525. The molecule has 0 aliphatic heterocycles. The van der Waals surface area contributed by atoms with Crippen molar-refractivity contribution < 1.29 is 0 Å². The van der Waals surface area contributed by atoms with Crippen molar-refractivity contribution in [1.82, 2.24) is 9.97 Å². The first kappa shape index (κ1) is 12.1. The van der Waals surface area contributed by atoms with Gasteiger partial charge in [0, 0.05) is 27.8 Å². The highest BCUT2D eigenvalue weighted by Gasteiger charge is 2.00. The van der Waals surface area contributed by atoms with Gasteiger partial charge in [-0.25, -0.2) is 9.97 Å². The zero-order valence-electron chi connectivity index (χ0n) is 9.09. The van der Waals surface area contributed by atoms with Gasteiger partial charge >= 0.3 is 0 Å². The minimum Gasteiger partial charge on any atom is -0.320 e. The molecule has 2 rings (SSSR count). The van der Waals surface area contributed by atoms with E-state index in [1.165, 1.54) is 4.88 Å². The van der Waals surface area contributed by atoms with E-state index in [0.29, 0.717) is 6.54 Å². The molecule has 0 aromatic carbocycles. The van der Waals surface area contributed by atoms with E-state index < -0.39 is 0 Å². The molecule has 5 heteroatoms. The Labute approximate surface area is 108 Å². The molecule has 0 atom stereocenters. The number of thioether (sulfide) groups is 1. The van der Waals surface area contributed by atoms with Crippen LogP contribution < -0.4 is 5.73 Å². The fourth-order valence-corrected chi connectivity index (χ4v) is 2.89. The van der Waals surface area contributed by atoms with Gasteiger partial charge < -0.3 is 5.73 Å². The predicted molar refractivity (Wildman–Crippen MR) is 71.8 cm³/mol. The first-order valence-electron chi connectivity index (χ1n) is 5.03. The Morgan fingerprint density at radius 3 is 3.18 bits per heavy atom. The summed E-state index contributed by atoms with van der Waals surface area (Å²) < 4.78 is 0. The van der Waals surface area contributed by atoms with Crippen LogP contribution >= 0.6 is 23.1 Å². The molecule has 0 amide bonds. The second kappa shape index (κ2) is 6.40. The SMILES string of the molecule is NCC#Cc1csc(CSc2ccncn2)c1. The van der Waals surface area contributed by atoms with Crippen molar-refractivity contribution in [2.45, 2.75) is 10.8 Å². The summed E-state index contributed by atoms with van der Waals surface area (Å²) in [7, 11) is 0. The van der Waals surface area contributed by atoms with Gasteiger partial charge in [-0.3, -0.25) is 0 Å². The van der Waals surface area contributed by atoms with Gasteiger partial charge in [0.2, 0.25) is 0 Å². The Balaban J connectivity index is 1.94. The maximum atomic E-state index is 5.33. The van der Waals surface area contributed by atoms with Crippen molar-refractivity contribution in [3.8, 4) is 11.8 Å². The lowest BCUT2D eigenvalue weighted by molar-refractivity contribution is 1.05. The van der Waals surface area contributed by atoms with Crippen molar-refractivity contribution in [3.63, 3.8) is 0 Å². The normalized spacial score (nSPS) is 9.71. The Morgan fingerprint density at radius 2 is 2.41 bits per heavy atom. The highest BCUT2D eigenvalue weighted by Crippen LogP contribution is 2.24. The molecule has 0 spiro atoms. The number of nitrogens with zero attached hydrogens (tertiary/aromatic N) is 2. The van der Waals surface area contributed by atoms with Gasteiger partial charge in [-0.15, -0.1) is 23.1 Å². The van der Waals surface area contributed by atoms with Gasteiger partial charge in [0.25, 0.3) is 0 Å². The summed E-state index contributed by atoms with van der Waals surface area (Å²) in [6, 6.07) is 4.01. The zero-order chi connectivity index (χ0) is 11.9. The van der Waals surface area contributed by atoms with E-state index >= 15 is 0 Å². The van der Waals surface area contributed by atoms with E-state index in [4.69, 9.17) is 5.73 Å². The molecule has 2 heterocycles. The minimum absolute atomic E-state index is 0.404. The number of hydrogen-bond acceptors (Lipinski definition) is 5. The molecule has 0 aliphatic rings. The predicted octanol–water partition coefficient (Wildman–Crippen LogP) is 2.14. The second-order valence-corrected chi connectivity index (χ2v) is 5.14. The summed E-state index contributed by atoms with van der Waals surface area (Å²) in [5.74, 6) is 6.78. The number of aromatic nitrogens is 2. The standard InChI is InChI=1S/C12H11N3S2/c13-4-1-2-10-6-11(16-7-10)8-17-12-3-5-14-9-15-12/h3,5-7,9H,4,8,13H2. The summed E-state index contributed by atoms with van der Waals surface area (Å²) in [5, 5.41) is 3.04. The maximum absolute atomic E-state index is 5.33. The third-order valence-electron chi connectivity index (χ3n) is 1.91. The monoisotopic (exact) mass is 261 g/mol. The van der Waals surface area contributed by atoms with Crippen LogP contribution in [0.2, 0.25) is 0 Å². The first-order valence-corrected chi connectivity index (χ1v) is 6.90. The van der Waals surface area contributed by atoms with E-state index in [1.54, 1.807) is 35.6 Å². The summed E-state index contributed by atoms with van der Waals surface area (Å²) in [6.07, 6.45) is 3.32. The average Bonchev–Trinajstić information content (AvgIpc) is 2.83. The average molecular weight is 261 g/mol. The third kappa shape index (κ3) is 3.86. The van der Waals surface area contributed by atoms with Crippen molar-refractivity contribution in [1.29, 1.82) is 0 Å². The maximum Gasteiger partial charge on any atom is 0.116 e. The van der Waals surface area contributed by atoms with Gasteiger partial charge in [0.1, 0.15) is 6.33 Å². The van der Waals surface area contributed by atoms with Crippen molar-refractivity contribution in [2.75, 3.05) is 6.54 Å². The lowest BCUT2D eigenvalue weighted by Crippen LogP contribution is -1.92. The summed E-state index contributed by atoms with van der Waals surface area (Å²) >= 11 is 3.41. The van der Waals surface area contributed by atoms with Crippen LogP contribution in [0.4, 0.5) is 0 Å². The molecule has 86 valence electrons. The number of rotatable bonds is 3. The molecule has 0 saturated heterocycles. The Kier molecular flexibility index (Phi) is 4.56. The number of nitrogens with two attached hydrogens (primary N) is 1. The molecule has 2 aromatic heterocycles. The molecule has 2 aromatic rings. The smallest absolute Gasteiger partial charge is 0.116 e. The van der Waals surface area contributed by atoms with Crippen molar-refractivity contribution in [3.05, 3.63) is 40.5 Å². The number of hydrogen-bond donors (Lipinski definition) is 1. The molecular weight excluding hydrogens is 250 g/mol. The van der Waals surface area contributed by atoms with Crippen LogP contribution in [0, 0.1) is 11.8 Å². The Morgan fingerprint density at radius 1 is 1.47 bits per heavy atom. The minimum atomic E-state index is 0.404. The van der Waals surface area contributed by atoms with Gasteiger partial charge in [-0.1, -0.05) is 11.8 Å². The molecule has 0 saturated carbocycles. The quantitative estimate of drug-likeness (QED) is 0.522. The summed E-state index contributed by atoms with van der Waals surface area (Å²) in [4.78, 5) is 9.34. The van der Waals surface area contributed by atoms with Crippen LogP contribution in [-0.4, -0.2) is 16.5 Å². The lowest BCUT2D eigenvalue weighted by Gasteiger charge is -1.96. The molecule has 0 fully saturated rings. The molecule has 0 radical (unpaired) electrons. The van der Waals surface area contributed by atoms with E-state index in [0.717, 1.165) is 16.3 Å². The highest BCUT2D eigenvalue weighted by molar-refractivity contribution is 7.98. The van der Waals surface area contributed by atoms with Gasteiger partial charge in [0.05, 0.1) is 11.6 Å². The molecule has 0 unspecified atom stereocenters. The topological polar surface area (TPSA) is 51.8 Å². The molecule has 2 N–H and O–H groups in total. The van der Waals surface area contributed by atoms with Crippen LogP contribution in [0.5, 0.6) is 0 Å². The van der Waals surface area contributed by atoms with Crippen LogP contribution in [0.3, 0.4) is 0 Å². The fourth-order valence-electron chi connectivity index (χ4n) is 1.18. The molecule has 17 heavy (non-hydrogen) atoms. The van der Waals surface area contributed by atoms with Gasteiger partial charge in [-0.05, 0) is 12.1 Å². The van der Waals surface area contributed by atoms with E-state index in [-0.39, 0.29) is 0 Å². The van der Waals surface area contributed by atoms with Crippen molar-refractivity contribution >= 4 is 23.1 Å². The largest absolute Gasteiger partial charge is 0.320 e. The molecule has 0 bridgehead atoms. The van der Waals surface area contributed by atoms with Crippen LogP contribution in [0.25, 0.3) is 0 Å². The second-order valence-electron chi connectivity index (χ2n) is 3.14. The zero-order valence-corrected chi connectivity index (χ0v) is 10.7. The molecular formula is C12H11N3S2. The van der Waals surface area contributed by atoms with E-state index in [1.807, 2.05) is 6.07 Å². The third-order valence-corrected chi connectivity index (χ3v) is 4.02. The first-order chi connectivity index (χ1) is 8.38. The summed E-state index contributed by atoms with van der Waals surface area (Å²) in [5.41, 5.74) is 6.37. The lowest BCUT2D eigenvalue weighted by atomic mass is 10.3. The Hall–Kier alpha value is -1.35. The van der Waals surface area contributed by atoms with Gasteiger partial charge in [-0.2, -0.15) is 0 Å². The van der Waals surface area contributed by atoms with E-state index in [2.05, 4.69) is 33.3 Å². The summed E-state index contributed by atoms with van der Waals surface area (Å²) in [6.45, 7) is 0.404. The van der Waals surface area contributed by atoms with Crippen LogP contribution in [-0.2, 0) is 5.75 Å². The van der Waals surface area contributed by atoms with E-state index in [9.17, 15) is 0 Å². The number of thiophene rings is 1. The van der Waals surface area contributed by atoms with Gasteiger partial charge in [0.15, 0.2) is 0 Å².